The summed E-state index contributed by atoms with van der Waals surface area (Å²) in [7, 11) is 0. The van der Waals surface area contributed by atoms with Crippen LogP contribution in [0.5, 0.6) is 0 Å². The van der Waals surface area contributed by atoms with Gasteiger partial charge in [-0.15, -0.1) is 0 Å². The van der Waals surface area contributed by atoms with Crippen LogP contribution in [0.15, 0.2) is 18.2 Å². The molecular weight excluding hydrogens is 245 g/mol. The molecule has 1 fully saturated rings. The van der Waals surface area contributed by atoms with Crippen LogP contribution >= 0.6 is 23.2 Å². The van der Waals surface area contributed by atoms with E-state index in [2.05, 4.69) is 0 Å². The molecule has 0 spiro atoms. The lowest BCUT2D eigenvalue weighted by Crippen LogP contribution is -3.12. The molecule has 0 bridgehead atoms. The number of halogens is 2. The predicted octanol–water partition coefficient (Wildman–Crippen LogP) is 1.53. The van der Waals surface area contributed by atoms with Crippen LogP contribution in [0.1, 0.15) is 18.4 Å². The number of quaternary nitrogens is 1. The van der Waals surface area contributed by atoms with Crippen molar-refractivity contribution in [2.45, 2.75) is 25.5 Å². The third kappa shape index (κ3) is 3.11. The van der Waals surface area contributed by atoms with E-state index in [9.17, 15) is 5.11 Å². The Morgan fingerprint density at radius 3 is 2.81 bits per heavy atom. The summed E-state index contributed by atoms with van der Waals surface area (Å²) in [6.07, 6.45) is 1.88. The summed E-state index contributed by atoms with van der Waals surface area (Å²) in [6, 6.07) is 5.75. The molecule has 4 heteroatoms. The van der Waals surface area contributed by atoms with Gasteiger partial charge in [0.15, 0.2) is 0 Å². The molecule has 2 rings (SSSR count). The highest BCUT2D eigenvalue weighted by molar-refractivity contribution is 6.41. The molecule has 1 saturated heterocycles. The van der Waals surface area contributed by atoms with Gasteiger partial charge in [0.1, 0.15) is 19.2 Å². The number of hydrogen-bond acceptors (Lipinski definition) is 1. The molecule has 1 aromatic rings. The molecular formula is C12H16Cl2NO+. The van der Waals surface area contributed by atoms with Gasteiger partial charge in [0.2, 0.25) is 0 Å². The largest absolute Gasteiger partial charge is 0.387 e. The van der Waals surface area contributed by atoms with Crippen LogP contribution in [0.25, 0.3) is 0 Å². The summed E-state index contributed by atoms with van der Waals surface area (Å²) in [4.78, 5) is 1.41. The molecule has 0 aromatic heterocycles. The van der Waals surface area contributed by atoms with Gasteiger partial charge in [0, 0.05) is 5.56 Å². The fraction of sp³-hybridized carbons (Fsp3) is 0.500. The standard InChI is InChI=1S/C12H15Cl2NO/c13-11-4-3-9(6-12(11)14)7-15-5-1-2-10(16)8-15/h3-4,6,10,16H,1-2,5,7-8H2/p+1/t10-/m0/s1. The molecule has 1 heterocycles. The second-order valence-electron chi connectivity index (χ2n) is 4.43. The Morgan fingerprint density at radius 2 is 2.12 bits per heavy atom. The molecule has 2 nitrogen and oxygen atoms in total. The van der Waals surface area contributed by atoms with Gasteiger partial charge in [0.05, 0.1) is 16.6 Å². The quantitative estimate of drug-likeness (QED) is 0.829. The second kappa shape index (κ2) is 5.37. The molecule has 1 aromatic carbocycles. The predicted molar refractivity (Wildman–Crippen MR) is 66.1 cm³/mol. The van der Waals surface area contributed by atoms with Gasteiger partial charge in [-0.2, -0.15) is 0 Å². The van der Waals surface area contributed by atoms with Gasteiger partial charge >= 0.3 is 0 Å². The van der Waals surface area contributed by atoms with Crippen molar-refractivity contribution in [1.29, 1.82) is 0 Å². The molecule has 16 heavy (non-hydrogen) atoms. The number of nitrogens with one attached hydrogen (secondary N) is 1. The van der Waals surface area contributed by atoms with Crippen LogP contribution in [-0.2, 0) is 6.54 Å². The molecule has 2 N–H and O–H groups in total. The normalized spacial score (nSPS) is 25.7. The molecule has 0 aliphatic carbocycles. The summed E-state index contributed by atoms with van der Waals surface area (Å²) in [5.41, 5.74) is 1.18. The Labute approximate surface area is 106 Å². The lowest BCUT2D eigenvalue weighted by atomic mass is 10.1. The number of benzene rings is 1. The lowest BCUT2D eigenvalue weighted by Gasteiger charge is -2.27. The van der Waals surface area contributed by atoms with Crippen LogP contribution in [0.4, 0.5) is 0 Å². The van der Waals surface area contributed by atoms with Crippen molar-refractivity contribution in [3.8, 4) is 0 Å². The summed E-state index contributed by atoms with van der Waals surface area (Å²) < 4.78 is 0. The van der Waals surface area contributed by atoms with Crippen LogP contribution in [0.2, 0.25) is 10.0 Å². The van der Waals surface area contributed by atoms with E-state index in [0.29, 0.717) is 10.0 Å². The van der Waals surface area contributed by atoms with Gasteiger partial charge in [-0.05, 0) is 25.0 Å². The smallest absolute Gasteiger partial charge is 0.104 e. The first-order valence-corrected chi connectivity index (χ1v) is 6.36. The molecule has 1 aliphatic heterocycles. The Hall–Kier alpha value is -0.280. The van der Waals surface area contributed by atoms with Crippen molar-refractivity contribution in [3.63, 3.8) is 0 Å². The van der Waals surface area contributed by atoms with E-state index in [1.165, 1.54) is 10.5 Å². The minimum absolute atomic E-state index is 0.147. The van der Waals surface area contributed by atoms with E-state index >= 15 is 0 Å². The Morgan fingerprint density at radius 1 is 1.31 bits per heavy atom. The van der Waals surface area contributed by atoms with Gasteiger partial charge in [-0.1, -0.05) is 29.3 Å². The SMILES string of the molecule is O[C@H]1CCC[NH+](Cc2ccc(Cl)c(Cl)c2)C1. The van der Waals surface area contributed by atoms with Gasteiger partial charge in [0.25, 0.3) is 0 Å². The van der Waals surface area contributed by atoms with Crippen LogP contribution < -0.4 is 4.90 Å². The summed E-state index contributed by atoms with van der Waals surface area (Å²) in [6.45, 7) is 2.87. The van der Waals surface area contributed by atoms with Crippen LogP contribution in [-0.4, -0.2) is 24.3 Å². The summed E-state index contributed by atoms with van der Waals surface area (Å²) >= 11 is 11.8. The Kier molecular flexibility index (Phi) is 4.09. The van der Waals surface area contributed by atoms with E-state index in [-0.39, 0.29) is 6.10 Å². The van der Waals surface area contributed by atoms with Crippen molar-refractivity contribution in [2.24, 2.45) is 0 Å². The number of hydrogen-bond donors (Lipinski definition) is 2. The highest BCUT2D eigenvalue weighted by Gasteiger charge is 2.21. The Balaban J connectivity index is 2.00. The first kappa shape index (κ1) is 12.2. The Bertz CT molecular complexity index is 370. The maximum absolute atomic E-state index is 9.59. The monoisotopic (exact) mass is 260 g/mol. The number of piperidine rings is 1. The van der Waals surface area contributed by atoms with E-state index < -0.39 is 0 Å². The minimum atomic E-state index is -0.147. The topological polar surface area (TPSA) is 24.7 Å². The number of aliphatic hydroxyl groups is 1. The van der Waals surface area contributed by atoms with Crippen molar-refractivity contribution >= 4 is 23.2 Å². The molecule has 1 unspecified atom stereocenters. The number of rotatable bonds is 2. The molecule has 0 saturated carbocycles. The van der Waals surface area contributed by atoms with E-state index in [0.717, 1.165) is 32.5 Å². The highest BCUT2D eigenvalue weighted by Crippen LogP contribution is 2.22. The van der Waals surface area contributed by atoms with Crippen molar-refractivity contribution < 1.29 is 10.0 Å². The molecule has 0 amide bonds. The zero-order valence-corrected chi connectivity index (χ0v) is 10.6. The van der Waals surface area contributed by atoms with E-state index in [1.54, 1.807) is 0 Å². The summed E-state index contributed by atoms with van der Waals surface area (Å²) in [5, 5.41) is 10.8. The zero-order valence-electron chi connectivity index (χ0n) is 9.05. The van der Waals surface area contributed by atoms with Crippen LogP contribution in [0.3, 0.4) is 0 Å². The first-order valence-electron chi connectivity index (χ1n) is 5.60. The molecule has 2 atom stereocenters. The van der Waals surface area contributed by atoms with Crippen molar-refractivity contribution in [1.82, 2.24) is 0 Å². The van der Waals surface area contributed by atoms with Gasteiger partial charge < -0.3 is 10.0 Å². The minimum Gasteiger partial charge on any atom is -0.387 e. The first-order chi connectivity index (χ1) is 7.65. The highest BCUT2D eigenvalue weighted by atomic mass is 35.5. The molecule has 0 radical (unpaired) electrons. The fourth-order valence-corrected chi connectivity index (χ4v) is 2.54. The van der Waals surface area contributed by atoms with Gasteiger partial charge in [-0.3, -0.25) is 0 Å². The van der Waals surface area contributed by atoms with Crippen molar-refractivity contribution in [2.75, 3.05) is 13.1 Å². The van der Waals surface area contributed by atoms with E-state index in [1.807, 2.05) is 18.2 Å². The van der Waals surface area contributed by atoms with Crippen molar-refractivity contribution in [3.05, 3.63) is 33.8 Å². The average Bonchev–Trinajstić information content (AvgIpc) is 2.24. The lowest BCUT2D eigenvalue weighted by molar-refractivity contribution is -0.921. The number of aliphatic hydroxyl groups excluding tert-OH is 1. The average molecular weight is 261 g/mol. The fourth-order valence-electron chi connectivity index (χ4n) is 2.22. The van der Waals surface area contributed by atoms with E-state index in [4.69, 9.17) is 23.2 Å². The maximum Gasteiger partial charge on any atom is 0.104 e. The third-order valence-electron chi connectivity index (χ3n) is 3.03. The van der Waals surface area contributed by atoms with Crippen LogP contribution in [0, 0.1) is 0 Å². The third-order valence-corrected chi connectivity index (χ3v) is 3.77. The number of likely N-dealkylation sites (tertiary alicyclic amines) is 1. The molecule has 1 aliphatic rings. The van der Waals surface area contributed by atoms with Gasteiger partial charge in [-0.25, -0.2) is 0 Å². The molecule has 88 valence electrons. The second-order valence-corrected chi connectivity index (χ2v) is 5.24. The summed E-state index contributed by atoms with van der Waals surface area (Å²) in [5.74, 6) is 0. The maximum atomic E-state index is 9.59. The zero-order chi connectivity index (χ0) is 11.5.